The second-order valence-corrected chi connectivity index (χ2v) is 5.10. The maximum absolute atomic E-state index is 11.3. The molecule has 2 rings (SSSR count). The van der Waals surface area contributed by atoms with Gasteiger partial charge in [0.2, 0.25) is 0 Å². The van der Waals surface area contributed by atoms with Crippen molar-refractivity contribution in [2.75, 3.05) is 0 Å². The van der Waals surface area contributed by atoms with Gasteiger partial charge in [-0.05, 0) is 29.2 Å². The van der Waals surface area contributed by atoms with Crippen molar-refractivity contribution in [2.24, 2.45) is 11.7 Å². The third-order valence-electron chi connectivity index (χ3n) is 3.50. The first kappa shape index (κ1) is 15.0. The van der Waals surface area contributed by atoms with Gasteiger partial charge < -0.3 is 15.9 Å². The van der Waals surface area contributed by atoms with Crippen LogP contribution in [0.3, 0.4) is 0 Å². The Hall–Kier alpha value is -2.40. The lowest BCUT2D eigenvalue weighted by Crippen LogP contribution is -2.35. The fourth-order valence-corrected chi connectivity index (χ4v) is 2.33. The first-order valence-electron chi connectivity index (χ1n) is 6.66. The van der Waals surface area contributed by atoms with Crippen molar-refractivity contribution in [3.63, 3.8) is 0 Å². The van der Waals surface area contributed by atoms with Crippen LogP contribution in [0.2, 0.25) is 0 Å². The number of hydrogen-bond donors (Lipinski definition) is 3. The second kappa shape index (κ2) is 6.37. The molecule has 5 nitrogen and oxygen atoms in total. The fraction of sp³-hybridized carbons (Fsp3) is 0.250. The zero-order chi connectivity index (χ0) is 15.4. The molecule has 0 aliphatic heterocycles. The van der Waals surface area contributed by atoms with Gasteiger partial charge in [-0.3, -0.25) is 9.59 Å². The molecule has 0 fully saturated rings. The summed E-state index contributed by atoms with van der Waals surface area (Å²) < 4.78 is 0. The average Bonchev–Trinajstić information content (AvgIpc) is 2.46. The van der Waals surface area contributed by atoms with Crippen molar-refractivity contribution in [2.45, 2.75) is 18.9 Å². The number of carboxylic acid groups (broad SMARTS) is 2. The Morgan fingerprint density at radius 1 is 1.00 bits per heavy atom. The molecule has 0 saturated heterocycles. The van der Waals surface area contributed by atoms with Gasteiger partial charge in [-0.1, -0.05) is 42.5 Å². The molecule has 0 amide bonds. The maximum atomic E-state index is 11.3. The molecule has 21 heavy (non-hydrogen) atoms. The molecule has 0 spiro atoms. The minimum Gasteiger partial charge on any atom is -0.481 e. The van der Waals surface area contributed by atoms with Crippen LogP contribution in [0.1, 0.15) is 12.0 Å². The quantitative estimate of drug-likeness (QED) is 0.753. The molecule has 4 N–H and O–H groups in total. The van der Waals surface area contributed by atoms with Crippen LogP contribution in [-0.2, 0) is 16.0 Å². The number of benzene rings is 2. The molecule has 0 heterocycles. The minimum atomic E-state index is -1.18. The number of rotatable bonds is 6. The van der Waals surface area contributed by atoms with Gasteiger partial charge in [-0.25, -0.2) is 0 Å². The Bertz CT molecular complexity index is 668. The average molecular weight is 287 g/mol. The van der Waals surface area contributed by atoms with E-state index in [0.29, 0.717) is 0 Å². The highest BCUT2D eigenvalue weighted by Crippen LogP contribution is 2.20. The molecule has 2 atom stereocenters. The van der Waals surface area contributed by atoms with Crippen LogP contribution in [0.5, 0.6) is 0 Å². The third-order valence-corrected chi connectivity index (χ3v) is 3.50. The Kier molecular flexibility index (Phi) is 4.55. The summed E-state index contributed by atoms with van der Waals surface area (Å²) in [5.41, 5.74) is 6.30. The fourth-order valence-electron chi connectivity index (χ4n) is 2.33. The largest absolute Gasteiger partial charge is 0.481 e. The van der Waals surface area contributed by atoms with Gasteiger partial charge in [0.25, 0.3) is 0 Å². The van der Waals surface area contributed by atoms with E-state index in [0.717, 1.165) is 16.3 Å². The summed E-state index contributed by atoms with van der Waals surface area (Å²) in [5, 5.41) is 20.1. The molecule has 0 bridgehead atoms. The van der Waals surface area contributed by atoms with Crippen LogP contribution in [-0.4, -0.2) is 28.2 Å². The molecule has 2 aromatic carbocycles. The summed E-state index contributed by atoms with van der Waals surface area (Å²) in [6.45, 7) is 0. The van der Waals surface area contributed by atoms with Crippen molar-refractivity contribution < 1.29 is 19.8 Å². The molecule has 0 unspecified atom stereocenters. The zero-order valence-corrected chi connectivity index (χ0v) is 11.4. The monoisotopic (exact) mass is 287 g/mol. The Morgan fingerprint density at radius 3 is 2.29 bits per heavy atom. The lowest BCUT2D eigenvalue weighted by atomic mass is 9.92. The molecule has 0 aliphatic rings. The number of nitrogens with two attached hydrogens (primary N) is 1. The first-order valence-corrected chi connectivity index (χ1v) is 6.66. The summed E-state index contributed by atoms with van der Waals surface area (Å²) in [4.78, 5) is 22.0. The van der Waals surface area contributed by atoms with E-state index < -0.39 is 23.9 Å². The summed E-state index contributed by atoms with van der Waals surface area (Å²) >= 11 is 0. The summed E-state index contributed by atoms with van der Waals surface area (Å²) in [6, 6.07) is 12.4. The van der Waals surface area contributed by atoms with E-state index in [1.54, 1.807) is 0 Å². The third kappa shape index (κ3) is 3.79. The van der Waals surface area contributed by atoms with E-state index in [1.807, 2.05) is 42.5 Å². The van der Waals surface area contributed by atoms with Crippen LogP contribution in [0.25, 0.3) is 10.8 Å². The van der Waals surface area contributed by atoms with Gasteiger partial charge in [-0.2, -0.15) is 0 Å². The van der Waals surface area contributed by atoms with Gasteiger partial charge in [0.05, 0.1) is 5.92 Å². The van der Waals surface area contributed by atoms with Crippen molar-refractivity contribution in [3.8, 4) is 0 Å². The van der Waals surface area contributed by atoms with Crippen molar-refractivity contribution in [1.29, 1.82) is 0 Å². The molecule has 2 aromatic rings. The van der Waals surface area contributed by atoms with E-state index >= 15 is 0 Å². The van der Waals surface area contributed by atoms with Crippen LogP contribution >= 0.6 is 0 Å². The van der Waals surface area contributed by atoms with Crippen LogP contribution in [0.15, 0.2) is 42.5 Å². The highest BCUT2D eigenvalue weighted by molar-refractivity contribution is 5.83. The molecule has 0 radical (unpaired) electrons. The SMILES string of the molecule is N[C@@H](C[C@H](Cc1ccc2ccccc2c1)C(=O)O)C(=O)O. The summed E-state index contributed by atoms with van der Waals surface area (Å²) in [7, 11) is 0. The van der Waals surface area contributed by atoms with Gasteiger partial charge in [-0.15, -0.1) is 0 Å². The maximum Gasteiger partial charge on any atom is 0.320 e. The first-order chi connectivity index (χ1) is 9.97. The van der Waals surface area contributed by atoms with E-state index in [9.17, 15) is 14.7 Å². The number of hydrogen-bond acceptors (Lipinski definition) is 3. The molecule has 0 saturated carbocycles. The Labute approximate surface area is 122 Å². The number of carboxylic acids is 2. The zero-order valence-electron chi connectivity index (χ0n) is 11.4. The highest BCUT2D eigenvalue weighted by atomic mass is 16.4. The number of fused-ring (bicyclic) bond motifs is 1. The predicted octanol–water partition coefficient (Wildman–Crippen LogP) is 1.89. The highest BCUT2D eigenvalue weighted by Gasteiger charge is 2.24. The van der Waals surface area contributed by atoms with Crippen LogP contribution in [0.4, 0.5) is 0 Å². The van der Waals surface area contributed by atoms with Gasteiger partial charge in [0.15, 0.2) is 0 Å². The van der Waals surface area contributed by atoms with E-state index in [4.69, 9.17) is 10.8 Å². The predicted molar refractivity (Wildman–Crippen MR) is 79.0 cm³/mol. The Balaban J connectivity index is 2.18. The minimum absolute atomic E-state index is 0.0858. The smallest absolute Gasteiger partial charge is 0.320 e. The molecular formula is C16H17NO4. The van der Waals surface area contributed by atoms with Crippen molar-refractivity contribution >= 4 is 22.7 Å². The van der Waals surface area contributed by atoms with E-state index in [1.165, 1.54) is 0 Å². The molecule has 0 aromatic heterocycles. The Morgan fingerprint density at radius 2 is 1.67 bits per heavy atom. The normalized spacial score (nSPS) is 13.8. The number of aliphatic carboxylic acids is 2. The van der Waals surface area contributed by atoms with Crippen molar-refractivity contribution in [1.82, 2.24) is 0 Å². The van der Waals surface area contributed by atoms with E-state index in [2.05, 4.69) is 0 Å². The van der Waals surface area contributed by atoms with Crippen molar-refractivity contribution in [3.05, 3.63) is 48.0 Å². The van der Waals surface area contributed by atoms with Gasteiger partial charge >= 0.3 is 11.9 Å². The molecule has 110 valence electrons. The number of carbonyl (C=O) groups is 2. The lowest BCUT2D eigenvalue weighted by molar-refractivity contribution is -0.143. The topological polar surface area (TPSA) is 101 Å². The van der Waals surface area contributed by atoms with Gasteiger partial charge in [0.1, 0.15) is 6.04 Å². The molecule has 5 heteroatoms. The lowest BCUT2D eigenvalue weighted by Gasteiger charge is -2.15. The van der Waals surface area contributed by atoms with Gasteiger partial charge in [0, 0.05) is 0 Å². The molecular weight excluding hydrogens is 270 g/mol. The van der Waals surface area contributed by atoms with E-state index in [-0.39, 0.29) is 12.8 Å². The summed E-state index contributed by atoms with van der Waals surface area (Å²) in [6.07, 6.45) is 0.179. The molecule has 0 aliphatic carbocycles. The standard InChI is InChI=1S/C16H17NO4/c17-14(16(20)21)9-13(15(18)19)8-10-5-6-11-3-1-2-4-12(11)7-10/h1-7,13-14H,8-9,17H2,(H,18,19)(H,20,21)/t13-,14-/m0/s1. The summed E-state index contributed by atoms with van der Waals surface area (Å²) in [5.74, 6) is -3.02. The second-order valence-electron chi connectivity index (χ2n) is 5.10. The van der Waals surface area contributed by atoms with Crippen LogP contribution < -0.4 is 5.73 Å². The van der Waals surface area contributed by atoms with Crippen LogP contribution in [0, 0.1) is 5.92 Å².